The molecule has 0 atom stereocenters. The summed E-state index contributed by atoms with van der Waals surface area (Å²) >= 11 is 0. The molecule has 2 heterocycles. The highest BCUT2D eigenvalue weighted by molar-refractivity contribution is 6.28. The van der Waals surface area contributed by atoms with E-state index in [2.05, 4.69) is 52.3 Å². The standard InChI is InChI=1S/C30H36N3O/c1-30(2,3)33(34)23-18-21-10-12-24-26(31-14-6-4-7-15-31)20-27(32-16-8-5-9-17-32)25-13-11-22(19-23)28(21)29(24)25/h10-13,18-20H,4-9,14-17H2,1-3H3. The van der Waals surface area contributed by atoms with Gasteiger partial charge in [-0.05, 0) is 93.7 Å². The van der Waals surface area contributed by atoms with Crippen LogP contribution in [0.4, 0.5) is 17.1 Å². The monoisotopic (exact) mass is 454 g/mol. The van der Waals surface area contributed by atoms with Gasteiger partial charge in [-0.15, -0.1) is 0 Å². The van der Waals surface area contributed by atoms with Crippen molar-refractivity contribution in [2.45, 2.75) is 64.8 Å². The Morgan fingerprint density at radius 1 is 0.647 bits per heavy atom. The van der Waals surface area contributed by atoms with Gasteiger partial charge in [-0.1, -0.05) is 29.5 Å². The summed E-state index contributed by atoms with van der Waals surface area (Å²) in [6, 6.07) is 15.8. The zero-order valence-corrected chi connectivity index (χ0v) is 20.9. The summed E-state index contributed by atoms with van der Waals surface area (Å²) in [7, 11) is 0. The zero-order chi connectivity index (χ0) is 23.4. The molecule has 0 aliphatic carbocycles. The number of rotatable bonds is 3. The van der Waals surface area contributed by atoms with Crippen LogP contribution in [0.1, 0.15) is 59.3 Å². The fourth-order valence-corrected chi connectivity index (χ4v) is 6.16. The van der Waals surface area contributed by atoms with E-state index in [1.165, 1.54) is 71.4 Å². The maximum Gasteiger partial charge on any atom is 0.0686 e. The summed E-state index contributed by atoms with van der Waals surface area (Å²) in [4.78, 5) is 5.24. The maximum absolute atomic E-state index is 13.1. The van der Waals surface area contributed by atoms with Crippen LogP contribution in [0, 0.1) is 0 Å². The molecular formula is C30H36N3O. The second-order valence-corrected chi connectivity index (χ2v) is 11.3. The molecule has 0 saturated carbocycles. The fourth-order valence-electron chi connectivity index (χ4n) is 6.16. The third-order valence-corrected chi connectivity index (χ3v) is 7.89. The SMILES string of the molecule is CC(C)(C)N([O])c1cc2ccc3c(N4CCCCC4)cc(N4CCCCC4)c4ccc(c1)c2c34. The van der Waals surface area contributed by atoms with Crippen molar-refractivity contribution in [3.05, 3.63) is 42.5 Å². The highest BCUT2D eigenvalue weighted by Gasteiger charge is 2.25. The molecule has 0 bridgehead atoms. The number of piperidine rings is 2. The molecule has 4 nitrogen and oxygen atoms in total. The van der Waals surface area contributed by atoms with Crippen molar-refractivity contribution in [2.24, 2.45) is 0 Å². The molecule has 1 radical (unpaired) electrons. The number of hydrogen-bond donors (Lipinski definition) is 0. The van der Waals surface area contributed by atoms with E-state index in [9.17, 15) is 5.21 Å². The Morgan fingerprint density at radius 3 is 1.56 bits per heavy atom. The van der Waals surface area contributed by atoms with Crippen molar-refractivity contribution in [1.29, 1.82) is 0 Å². The summed E-state index contributed by atoms with van der Waals surface area (Å²) < 4.78 is 0. The van der Waals surface area contributed by atoms with Crippen LogP contribution in [0.5, 0.6) is 0 Å². The summed E-state index contributed by atoms with van der Waals surface area (Å²) in [5.41, 5.74) is 3.06. The number of hydroxylamine groups is 1. The smallest absolute Gasteiger partial charge is 0.0686 e. The Balaban J connectivity index is 1.63. The fraction of sp³-hybridized carbons (Fsp3) is 0.467. The molecule has 2 aliphatic rings. The molecule has 0 aromatic heterocycles. The van der Waals surface area contributed by atoms with E-state index in [0.29, 0.717) is 0 Å². The molecule has 0 unspecified atom stereocenters. The van der Waals surface area contributed by atoms with E-state index in [-0.39, 0.29) is 0 Å². The van der Waals surface area contributed by atoms with Gasteiger partial charge in [0.1, 0.15) is 0 Å². The Labute approximate surface area is 203 Å². The molecule has 177 valence electrons. The minimum atomic E-state index is -0.469. The minimum Gasteiger partial charge on any atom is -0.371 e. The van der Waals surface area contributed by atoms with Crippen LogP contribution >= 0.6 is 0 Å². The van der Waals surface area contributed by atoms with E-state index in [1.54, 1.807) is 0 Å². The summed E-state index contributed by atoms with van der Waals surface area (Å²) in [6.07, 6.45) is 7.77. The lowest BCUT2D eigenvalue weighted by molar-refractivity contribution is 0.102. The average molecular weight is 455 g/mol. The highest BCUT2D eigenvalue weighted by Crippen LogP contribution is 2.45. The second-order valence-electron chi connectivity index (χ2n) is 11.3. The molecule has 6 rings (SSSR count). The van der Waals surface area contributed by atoms with Gasteiger partial charge in [0.25, 0.3) is 0 Å². The first-order valence-corrected chi connectivity index (χ1v) is 13.1. The van der Waals surface area contributed by atoms with Gasteiger partial charge in [0.2, 0.25) is 0 Å². The lowest BCUT2D eigenvalue weighted by Gasteiger charge is -2.35. The van der Waals surface area contributed by atoms with Crippen molar-refractivity contribution in [1.82, 2.24) is 0 Å². The topological polar surface area (TPSA) is 29.6 Å². The van der Waals surface area contributed by atoms with Gasteiger partial charge < -0.3 is 9.80 Å². The molecule has 34 heavy (non-hydrogen) atoms. The molecule has 4 aromatic carbocycles. The minimum absolute atomic E-state index is 0.469. The first-order chi connectivity index (χ1) is 16.4. The molecule has 2 aliphatic heterocycles. The molecule has 0 N–H and O–H groups in total. The van der Waals surface area contributed by atoms with Gasteiger partial charge >= 0.3 is 0 Å². The largest absolute Gasteiger partial charge is 0.371 e. The first-order valence-electron chi connectivity index (χ1n) is 13.1. The van der Waals surface area contributed by atoms with E-state index in [0.717, 1.165) is 47.7 Å². The number of hydrogen-bond acceptors (Lipinski definition) is 3. The van der Waals surface area contributed by atoms with Crippen molar-refractivity contribution >= 4 is 49.4 Å². The van der Waals surface area contributed by atoms with Crippen LogP contribution in [-0.2, 0) is 5.21 Å². The molecular weight excluding hydrogens is 418 g/mol. The van der Waals surface area contributed by atoms with E-state index in [1.807, 2.05) is 20.8 Å². The Morgan fingerprint density at radius 2 is 1.12 bits per heavy atom. The predicted molar refractivity (Wildman–Crippen MR) is 145 cm³/mol. The molecule has 2 fully saturated rings. The summed E-state index contributed by atoms with van der Waals surface area (Å²) in [5.74, 6) is 0. The lowest BCUT2D eigenvalue weighted by Crippen LogP contribution is -2.37. The van der Waals surface area contributed by atoms with E-state index < -0.39 is 5.54 Å². The molecule has 4 aromatic rings. The molecule has 2 saturated heterocycles. The molecule has 0 amide bonds. The quantitative estimate of drug-likeness (QED) is 0.237. The lowest BCUT2D eigenvalue weighted by atomic mass is 9.90. The Hall–Kier alpha value is -2.72. The second kappa shape index (κ2) is 8.20. The Bertz CT molecular complexity index is 1240. The predicted octanol–water partition coefficient (Wildman–Crippen LogP) is 7.52. The van der Waals surface area contributed by atoms with Crippen LogP contribution in [0.2, 0.25) is 0 Å². The van der Waals surface area contributed by atoms with Crippen molar-refractivity contribution in [2.75, 3.05) is 41.0 Å². The van der Waals surface area contributed by atoms with Crippen molar-refractivity contribution in [3.63, 3.8) is 0 Å². The van der Waals surface area contributed by atoms with Gasteiger partial charge in [0, 0.05) is 53.7 Å². The van der Waals surface area contributed by atoms with Gasteiger partial charge in [0.05, 0.1) is 11.2 Å². The summed E-state index contributed by atoms with van der Waals surface area (Å²) in [6.45, 7) is 10.5. The van der Waals surface area contributed by atoms with Gasteiger partial charge in [0.15, 0.2) is 0 Å². The zero-order valence-electron chi connectivity index (χ0n) is 20.9. The van der Waals surface area contributed by atoms with Crippen molar-refractivity contribution < 1.29 is 5.21 Å². The van der Waals surface area contributed by atoms with Gasteiger partial charge in [-0.3, -0.25) is 0 Å². The highest BCUT2D eigenvalue weighted by atomic mass is 16.5. The third-order valence-electron chi connectivity index (χ3n) is 7.89. The van der Waals surface area contributed by atoms with Gasteiger partial charge in [-0.25, -0.2) is 5.06 Å². The van der Waals surface area contributed by atoms with E-state index >= 15 is 0 Å². The van der Waals surface area contributed by atoms with Crippen LogP contribution in [-0.4, -0.2) is 31.7 Å². The number of benzene rings is 4. The average Bonchev–Trinajstić information content (AvgIpc) is 2.86. The molecule has 4 heteroatoms. The van der Waals surface area contributed by atoms with Crippen molar-refractivity contribution in [3.8, 4) is 0 Å². The van der Waals surface area contributed by atoms with Crippen LogP contribution in [0.15, 0.2) is 42.5 Å². The Kier molecular flexibility index (Phi) is 5.25. The number of nitrogens with zero attached hydrogens (tertiary/aromatic N) is 3. The normalized spacial score (nSPS) is 17.9. The maximum atomic E-state index is 13.1. The third kappa shape index (κ3) is 3.54. The van der Waals surface area contributed by atoms with E-state index in [4.69, 9.17) is 0 Å². The van der Waals surface area contributed by atoms with Crippen LogP contribution in [0.3, 0.4) is 0 Å². The van der Waals surface area contributed by atoms with Crippen LogP contribution in [0.25, 0.3) is 32.3 Å². The number of anilines is 3. The van der Waals surface area contributed by atoms with Gasteiger partial charge in [-0.2, -0.15) is 0 Å². The first kappa shape index (κ1) is 21.8. The summed E-state index contributed by atoms with van der Waals surface area (Å²) in [5, 5.41) is 21.9. The van der Waals surface area contributed by atoms with Crippen LogP contribution < -0.4 is 14.9 Å². The molecule has 0 spiro atoms.